The molecule has 0 saturated carbocycles. The van der Waals surface area contributed by atoms with E-state index >= 15 is 0 Å². The third-order valence-electron chi connectivity index (χ3n) is 3.54. The van der Waals surface area contributed by atoms with Crippen LogP contribution in [0.4, 0.5) is 5.82 Å². The lowest BCUT2D eigenvalue weighted by molar-refractivity contribution is 0.428. The van der Waals surface area contributed by atoms with E-state index in [0.29, 0.717) is 11.6 Å². The van der Waals surface area contributed by atoms with Crippen LogP contribution in [0.5, 0.6) is 5.75 Å². The minimum absolute atomic E-state index is 0.242. The zero-order chi connectivity index (χ0) is 12.5. The summed E-state index contributed by atoms with van der Waals surface area (Å²) in [4.78, 5) is 0. The maximum Gasteiger partial charge on any atom is 0.173 e. The molecule has 1 aromatic carbocycles. The number of aromatic hydroxyl groups is 1. The number of rotatable bonds is 1. The molecule has 0 saturated heterocycles. The fourth-order valence-electron chi connectivity index (χ4n) is 2.67. The molecule has 0 amide bonds. The molecule has 0 aliphatic heterocycles. The predicted molar refractivity (Wildman–Crippen MR) is 69.3 cm³/mol. The van der Waals surface area contributed by atoms with E-state index < -0.39 is 0 Å². The second-order valence-corrected chi connectivity index (χ2v) is 4.77. The molecular formula is C14H16N2O2. The Morgan fingerprint density at radius 1 is 1.17 bits per heavy atom. The Morgan fingerprint density at radius 3 is 2.78 bits per heavy atom. The van der Waals surface area contributed by atoms with E-state index in [1.807, 2.05) is 6.07 Å². The standard InChI is InChI=1S/C14H16N2O2/c15-13-8-12(18-16-13)14-10-5-3-1-2-4-9(10)6-7-11(14)17/h6-8,17H,1-5H2,(H2,15,16). The lowest BCUT2D eigenvalue weighted by Gasteiger charge is -2.11. The van der Waals surface area contributed by atoms with Crippen LogP contribution in [-0.2, 0) is 12.8 Å². The summed E-state index contributed by atoms with van der Waals surface area (Å²) in [6.45, 7) is 0. The van der Waals surface area contributed by atoms with Crippen molar-refractivity contribution < 1.29 is 9.63 Å². The third kappa shape index (κ3) is 1.83. The van der Waals surface area contributed by atoms with Gasteiger partial charge in [0, 0.05) is 6.07 Å². The molecule has 1 aliphatic rings. The predicted octanol–water partition coefficient (Wildman–Crippen LogP) is 2.90. The molecule has 3 N–H and O–H groups in total. The van der Waals surface area contributed by atoms with Crippen LogP contribution in [0.3, 0.4) is 0 Å². The number of nitrogens with two attached hydrogens (primary N) is 1. The molecular weight excluding hydrogens is 228 g/mol. The number of phenolic OH excluding ortho intramolecular Hbond substituents is 1. The Hall–Kier alpha value is -1.97. The minimum atomic E-state index is 0.242. The summed E-state index contributed by atoms with van der Waals surface area (Å²) in [7, 11) is 0. The van der Waals surface area contributed by atoms with Crippen molar-refractivity contribution in [1.29, 1.82) is 0 Å². The summed E-state index contributed by atoms with van der Waals surface area (Å²) in [6.07, 6.45) is 5.61. The molecule has 0 atom stereocenters. The minimum Gasteiger partial charge on any atom is -0.507 e. The summed E-state index contributed by atoms with van der Waals surface area (Å²) < 4.78 is 5.20. The zero-order valence-electron chi connectivity index (χ0n) is 10.1. The van der Waals surface area contributed by atoms with Gasteiger partial charge < -0.3 is 15.4 Å². The summed E-state index contributed by atoms with van der Waals surface area (Å²) in [5.41, 5.74) is 8.83. The number of aromatic nitrogens is 1. The highest BCUT2D eigenvalue weighted by Gasteiger charge is 2.19. The monoisotopic (exact) mass is 244 g/mol. The van der Waals surface area contributed by atoms with Gasteiger partial charge >= 0.3 is 0 Å². The first kappa shape index (κ1) is 11.1. The Kier molecular flexibility index (Phi) is 2.70. The molecule has 3 rings (SSSR count). The largest absolute Gasteiger partial charge is 0.507 e. The van der Waals surface area contributed by atoms with Gasteiger partial charge in [0.25, 0.3) is 0 Å². The number of nitrogen functional groups attached to an aromatic ring is 1. The van der Waals surface area contributed by atoms with Crippen molar-refractivity contribution in [3.63, 3.8) is 0 Å². The van der Waals surface area contributed by atoms with E-state index in [1.54, 1.807) is 12.1 Å². The van der Waals surface area contributed by atoms with Crippen molar-refractivity contribution >= 4 is 5.82 Å². The first-order valence-electron chi connectivity index (χ1n) is 6.32. The molecule has 18 heavy (non-hydrogen) atoms. The van der Waals surface area contributed by atoms with Crippen LogP contribution in [0.2, 0.25) is 0 Å². The van der Waals surface area contributed by atoms with Gasteiger partial charge in [-0.15, -0.1) is 0 Å². The van der Waals surface area contributed by atoms with Gasteiger partial charge in [0.2, 0.25) is 0 Å². The Morgan fingerprint density at radius 2 is 2.00 bits per heavy atom. The Balaban J connectivity index is 2.18. The molecule has 0 bridgehead atoms. The second-order valence-electron chi connectivity index (χ2n) is 4.77. The molecule has 1 aromatic heterocycles. The van der Waals surface area contributed by atoms with E-state index in [9.17, 15) is 5.11 Å². The molecule has 2 aromatic rings. The molecule has 94 valence electrons. The number of fused-ring (bicyclic) bond motifs is 1. The highest BCUT2D eigenvalue weighted by atomic mass is 16.5. The smallest absolute Gasteiger partial charge is 0.173 e. The van der Waals surface area contributed by atoms with Gasteiger partial charge in [-0.05, 0) is 42.9 Å². The van der Waals surface area contributed by atoms with Gasteiger partial charge in [-0.25, -0.2) is 0 Å². The number of benzene rings is 1. The SMILES string of the molecule is Nc1cc(-c2c(O)ccc3c2CCCCC3)on1. The summed E-state index contributed by atoms with van der Waals surface area (Å²) in [6, 6.07) is 5.41. The van der Waals surface area contributed by atoms with Crippen molar-refractivity contribution in [2.45, 2.75) is 32.1 Å². The second kappa shape index (κ2) is 4.37. The summed E-state index contributed by atoms with van der Waals surface area (Å²) >= 11 is 0. The van der Waals surface area contributed by atoms with Gasteiger partial charge in [0.05, 0.1) is 5.56 Å². The Bertz CT molecular complexity index is 575. The molecule has 0 unspecified atom stereocenters. The van der Waals surface area contributed by atoms with Crippen LogP contribution in [0, 0.1) is 0 Å². The van der Waals surface area contributed by atoms with Crippen LogP contribution < -0.4 is 5.73 Å². The van der Waals surface area contributed by atoms with E-state index in [0.717, 1.165) is 24.8 Å². The highest BCUT2D eigenvalue weighted by molar-refractivity contribution is 5.72. The number of phenols is 1. The van der Waals surface area contributed by atoms with Gasteiger partial charge in [0.1, 0.15) is 5.75 Å². The lowest BCUT2D eigenvalue weighted by atomic mass is 9.95. The normalized spacial score (nSPS) is 15.1. The quantitative estimate of drug-likeness (QED) is 0.756. The van der Waals surface area contributed by atoms with Crippen molar-refractivity contribution in [2.75, 3.05) is 5.73 Å². The lowest BCUT2D eigenvalue weighted by Crippen LogP contribution is -1.95. The first-order valence-corrected chi connectivity index (χ1v) is 6.32. The number of aryl methyl sites for hydroxylation is 1. The third-order valence-corrected chi connectivity index (χ3v) is 3.54. The highest BCUT2D eigenvalue weighted by Crippen LogP contribution is 2.38. The summed E-state index contributed by atoms with van der Waals surface area (Å²) in [5.74, 6) is 1.14. The maximum absolute atomic E-state index is 10.1. The maximum atomic E-state index is 10.1. The molecule has 0 fully saturated rings. The van der Waals surface area contributed by atoms with E-state index in [2.05, 4.69) is 5.16 Å². The molecule has 1 aliphatic carbocycles. The van der Waals surface area contributed by atoms with Crippen LogP contribution in [0.15, 0.2) is 22.7 Å². The average Bonchev–Trinajstić information content (AvgIpc) is 2.63. The van der Waals surface area contributed by atoms with Crippen LogP contribution in [0.1, 0.15) is 30.4 Å². The fourth-order valence-corrected chi connectivity index (χ4v) is 2.67. The van der Waals surface area contributed by atoms with E-state index in [4.69, 9.17) is 10.3 Å². The molecule has 4 heteroatoms. The fraction of sp³-hybridized carbons (Fsp3) is 0.357. The number of anilines is 1. The average molecular weight is 244 g/mol. The first-order chi connectivity index (χ1) is 8.75. The zero-order valence-corrected chi connectivity index (χ0v) is 10.1. The van der Waals surface area contributed by atoms with E-state index in [-0.39, 0.29) is 5.75 Å². The van der Waals surface area contributed by atoms with Crippen LogP contribution >= 0.6 is 0 Å². The van der Waals surface area contributed by atoms with Crippen molar-refractivity contribution in [2.24, 2.45) is 0 Å². The van der Waals surface area contributed by atoms with Gasteiger partial charge in [-0.2, -0.15) is 0 Å². The van der Waals surface area contributed by atoms with Gasteiger partial charge in [0.15, 0.2) is 11.6 Å². The topological polar surface area (TPSA) is 72.3 Å². The Labute approximate surface area is 105 Å². The molecule has 0 radical (unpaired) electrons. The number of hydrogen-bond acceptors (Lipinski definition) is 4. The molecule has 1 heterocycles. The van der Waals surface area contributed by atoms with Crippen LogP contribution in [-0.4, -0.2) is 10.3 Å². The molecule has 0 spiro atoms. The van der Waals surface area contributed by atoms with Gasteiger partial charge in [-0.3, -0.25) is 0 Å². The number of hydrogen-bond donors (Lipinski definition) is 2. The van der Waals surface area contributed by atoms with Gasteiger partial charge in [-0.1, -0.05) is 17.6 Å². The van der Waals surface area contributed by atoms with Crippen molar-refractivity contribution in [3.8, 4) is 17.1 Å². The number of nitrogens with zero attached hydrogens (tertiary/aromatic N) is 1. The molecule has 4 nitrogen and oxygen atoms in total. The van der Waals surface area contributed by atoms with Crippen molar-refractivity contribution in [1.82, 2.24) is 5.16 Å². The van der Waals surface area contributed by atoms with E-state index in [1.165, 1.54) is 24.0 Å². The van der Waals surface area contributed by atoms with Crippen LogP contribution in [0.25, 0.3) is 11.3 Å². The summed E-state index contributed by atoms with van der Waals surface area (Å²) in [5, 5.41) is 13.8. The van der Waals surface area contributed by atoms with Crippen molar-refractivity contribution in [3.05, 3.63) is 29.3 Å².